The van der Waals surface area contributed by atoms with Crippen LogP contribution in [0.4, 0.5) is 5.82 Å². The third-order valence-corrected chi connectivity index (χ3v) is 2.32. The van der Waals surface area contributed by atoms with E-state index in [2.05, 4.69) is 23.8 Å². The molecule has 78 valence electrons. The molecule has 14 heavy (non-hydrogen) atoms. The van der Waals surface area contributed by atoms with E-state index in [1.54, 1.807) is 7.11 Å². The normalized spacial score (nSPS) is 10.4. The van der Waals surface area contributed by atoms with Crippen molar-refractivity contribution in [1.82, 2.24) is 9.97 Å². The van der Waals surface area contributed by atoms with Gasteiger partial charge in [-0.05, 0) is 13.8 Å². The van der Waals surface area contributed by atoms with Gasteiger partial charge in [-0.15, -0.1) is 0 Å². The molecular formula is C9H14ClN3O. The SMILES string of the molecule is COc1c(Cl)ncnc1N(C)C(C)C. The summed E-state index contributed by atoms with van der Waals surface area (Å²) in [4.78, 5) is 9.97. The van der Waals surface area contributed by atoms with Gasteiger partial charge < -0.3 is 9.64 Å². The second-order valence-corrected chi connectivity index (χ2v) is 3.58. The van der Waals surface area contributed by atoms with E-state index < -0.39 is 0 Å². The van der Waals surface area contributed by atoms with Crippen molar-refractivity contribution in [3.05, 3.63) is 11.5 Å². The minimum absolute atomic E-state index is 0.329. The van der Waals surface area contributed by atoms with Gasteiger partial charge in [0.25, 0.3) is 0 Å². The molecule has 0 fully saturated rings. The average molecular weight is 216 g/mol. The highest BCUT2D eigenvalue weighted by atomic mass is 35.5. The number of aromatic nitrogens is 2. The number of ether oxygens (including phenoxy) is 1. The maximum absolute atomic E-state index is 5.88. The molecule has 0 aliphatic carbocycles. The highest BCUT2D eigenvalue weighted by molar-refractivity contribution is 6.31. The molecule has 1 aromatic rings. The monoisotopic (exact) mass is 215 g/mol. The summed E-state index contributed by atoms with van der Waals surface area (Å²) in [6, 6.07) is 0.329. The van der Waals surface area contributed by atoms with E-state index in [0.29, 0.717) is 22.8 Å². The third-order valence-electron chi connectivity index (χ3n) is 2.05. The summed E-state index contributed by atoms with van der Waals surface area (Å²) < 4.78 is 5.15. The minimum Gasteiger partial charge on any atom is -0.490 e. The van der Waals surface area contributed by atoms with Crippen LogP contribution in [0.5, 0.6) is 5.75 Å². The Hall–Kier alpha value is -1.03. The molecule has 0 saturated heterocycles. The van der Waals surface area contributed by atoms with Crippen LogP contribution >= 0.6 is 11.6 Å². The number of hydrogen-bond donors (Lipinski definition) is 0. The first kappa shape index (κ1) is 11.0. The van der Waals surface area contributed by atoms with Crippen LogP contribution in [0.15, 0.2) is 6.33 Å². The predicted octanol–water partition coefficient (Wildman–Crippen LogP) is 1.98. The van der Waals surface area contributed by atoms with E-state index in [1.165, 1.54) is 6.33 Å². The van der Waals surface area contributed by atoms with E-state index in [1.807, 2.05) is 11.9 Å². The summed E-state index contributed by atoms with van der Waals surface area (Å²) in [7, 11) is 3.49. The number of halogens is 1. The molecule has 0 radical (unpaired) electrons. The van der Waals surface area contributed by atoms with Crippen LogP contribution in [0.1, 0.15) is 13.8 Å². The second-order valence-electron chi connectivity index (χ2n) is 3.23. The topological polar surface area (TPSA) is 38.3 Å². The van der Waals surface area contributed by atoms with Crippen molar-refractivity contribution in [3.8, 4) is 5.75 Å². The van der Waals surface area contributed by atoms with Gasteiger partial charge in [-0.3, -0.25) is 0 Å². The zero-order valence-electron chi connectivity index (χ0n) is 8.78. The van der Waals surface area contributed by atoms with Crippen LogP contribution in [0.2, 0.25) is 5.15 Å². The van der Waals surface area contributed by atoms with Gasteiger partial charge in [0.05, 0.1) is 7.11 Å². The first-order valence-electron chi connectivity index (χ1n) is 4.35. The molecule has 4 nitrogen and oxygen atoms in total. The Bertz CT molecular complexity index is 317. The van der Waals surface area contributed by atoms with Gasteiger partial charge >= 0.3 is 0 Å². The molecule has 0 aliphatic rings. The lowest BCUT2D eigenvalue weighted by atomic mass is 10.3. The van der Waals surface area contributed by atoms with Crippen LogP contribution in [-0.2, 0) is 0 Å². The smallest absolute Gasteiger partial charge is 0.199 e. The van der Waals surface area contributed by atoms with E-state index in [4.69, 9.17) is 16.3 Å². The van der Waals surface area contributed by atoms with E-state index in [9.17, 15) is 0 Å². The number of anilines is 1. The standard InChI is InChI=1S/C9H14ClN3O/c1-6(2)13(3)9-7(14-4)8(10)11-5-12-9/h5-6H,1-4H3. The number of methoxy groups -OCH3 is 1. The molecule has 1 aromatic heterocycles. The van der Waals surface area contributed by atoms with Crippen molar-refractivity contribution in [3.63, 3.8) is 0 Å². The summed E-state index contributed by atoms with van der Waals surface area (Å²) in [5.41, 5.74) is 0. The van der Waals surface area contributed by atoms with Gasteiger partial charge in [0.2, 0.25) is 0 Å². The lowest BCUT2D eigenvalue weighted by Gasteiger charge is -2.24. The van der Waals surface area contributed by atoms with E-state index in [-0.39, 0.29) is 0 Å². The Labute approximate surface area is 88.9 Å². The van der Waals surface area contributed by atoms with Crippen LogP contribution in [0.3, 0.4) is 0 Å². The lowest BCUT2D eigenvalue weighted by molar-refractivity contribution is 0.410. The molecule has 0 atom stereocenters. The molecule has 0 aromatic carbocycles. The second kappa shape index (κ2) is 4.46. The zero-order valence-corrected chi connectivity index (χ0v) is 9.54. The van der Waals surface area contributed by atoms with Gasteiger partial charge in [0.15, 0.2) is 16.7 Å². The van der Waals surface area contributed by atoms with Crippen molar-refractivity contribution in [1.29, 1.82) is 0 Å². The molecule has 0 aliphatic heterocycles. The van der Waals surface area contributed by atoms with Gasteiger partial charge in [-0.25, -0.2) is 9.97 Å². The third kappa shape index (κ3) is 2.07. The first-order chi connectivity index (χ1) is 6.57. The Morgan fingerprint density at radius 2 is 2.07 bits per heavy atom. The highest BCUT2D eigenvalue weighted by Gasteiger charge is 2.15. The lowest BCUT2D eigenvalue weighted by Crippen LogP contribution is -2.27. The molecule has 0 spiro atoms. The zero-order chi connectivity index (χ0) is 10.7. The highest BCUT2D eigenvalue weighted by Crippen LogP contribution is 2.31. The van der Waals surface area contributed by atoms with Crippen molar-refractivity contribution in [2.24, 2.45) is 0 Å². The van der Waals surface area contributed by atoms with Crippen molar-refractivity contribution >= 4 is 17.4 Å². The molecule has 1 heterocycles. The molecule has 0 amide bonds. The fraction of sp³-hybridized carbons (Fsp3) is 0.556. The number of hydrogen-bond acceptors (Lipinski definition) is 4. The summed E-state index contributed by atoms with van der Waals surface area (Å²) in [5, 5.41) is 0.338. The predicted molar refractivity (Wildman–Crippen MR) is 57.1 cm³/mol. The Kier molecular flexibility index (Phi) is 3.52. The fourth-order valence-corrected chi connectivity index (χ4v) is 1.22. The Morgan fingerprint density at radius 1 is 1.43 bits per heavy atom. The maximum Gasteiger partial charge on any atom is 0.199 e. The van der Waals surface area contributed by atoms with Crippen LogP contribution < -0.4 is 9.64 Å². The summed E-state index contributed by atoms with van der Waals surface area (Å²) >= 11 is 5.88. The van der Waals surface area contributed by atoms with E-state index >= 15 is 0 Å². The Morgan fingerprint density at radius 3 is 2.57 bits per heavy atom. The molecule has 0 saturated carbocycles. The number of rotatable bonds is 3. The molecule has 0 N–H and O–H groups in total. The van der Waals surface area contributed by atoms with Gasteiger partial charge in [0, 0.05) is 13.1 Å². The molecule has 0 bridgehead atoms. The molecule has 1 rings (SSSR count). The van der Waals surface area contributed by atoms with Gasteiger partial charge in [-0.2, -0.15) is 0 Å². The Balaban J connectivity index is 3.13. The van der Waals surface area contributed by atoms with Gasteiger partial charge in [-0.1, -0.05) is 11.6 Å². The largest absolute Gasteiger partial charge is 0.490 e. The maximum atomic E-state index is 5.88. The quantitative estimate of drug-likeness (QED) is 0.723. The van der Waals surface area contributed by atoms with Crippen LogP contribution in [-0.4, -0.2) is 30.2 Å². The van der Waals surface area contributed by atoms with E-state index in [0.717, 1.165) is 0 Å². The summed E-state index contributed by atoms with van der Waals surface area (Å²) in [6.45, 7) is 4.13. The van der Waals surface area contributed by atoms with Crippen LogP contribution in [0, 0.1) is 0 Å². The fourth-order valence-electron chi connectivity index (χ4n) is 1.02. The van der Waals surface area contributed by atoms with Crippen molar-refractivity contribution in [2.45, 2.75) is 19.9 Å². The molecule has 0 unspecified atom stereocenters. The van der Waals surface area contributed by atoms with Crippen LogP contribution in [0.25, 0.3) is 0 Å². The number of nitrogens with zero attached hydrogens (tertiary/aromatic N) is 3. The van der Waals surface area contributed by atoms with Crippen molar-refractivity contribution < 1.29 is 4.74 Å². The minimum atomic E-state index is 0.329. The molecular weight excluding hydrogens is 202 g/mol. The van der Waals surface area contributed by atoms with Crippen molar-refractivity contribution in [2.75, 3.05) is 19.1 Å². The summed E-state index contributed by atoms with van der Waals surface area (Å²) in [5.74, 6) is 1.23. The van der Waals surface area contributed by atoms with Gasteiger partial charge in [0.1, 0.15) is 6.33 Å². The average Bonchev–Trinajstić information content (AvgIpc) is 2.16. The summed E-state index contributed by atoms with van der Waals surface area (Å²) in [6.07, 6.45) is 1.43. The molecule has 5 heteroatoms. The first-order valence-corrected chi connectivity index (χ1v) is 4.73.